The van der Waals surface area contributed by atoms with E-state index in [1.54, 1.807) is 30.3 Å². The second-order valence-corrected chi connectivity index (χ2v) is 7.46. The summed E-state index contributed by atoms with van der Waals surface area (Å²) in [6.45, 7) is 4.59. The number of amides is 2. The molecule has 0 atom stereocenters. The van der Waals surface area contributed by atoms with Crippen LogP contribution in [-0.2, 0) is 11.3 Å². The number of hydrogen-bond acceptors (Lipinski definition) is 3. The van der Waals surface area contributed by atoms with Gasteiger partial charge in [-0.2, -0.15) is 0 Å². The summed E-state index contributed by atoms with van der Waals surface area (Å²) < 4.78 is 0. The summed E-state index contributed by atoms with van der Waals surface area (Å²) in [6, 6.07) is 20.1. The molecule has 0 bridgehead atoms. The van der Waals surface area contributed by atoms with Crippen LogP contribution in [0.4, 0.5) is 11.4 Å². The molecule has 0 aliphatic rings. The molecule has 3 N–H and O–H groups in total. The number of hydrogen-bond donors (Lipinski definition) is 3. The second kappa shape index (κ2) is 9.94. The van der Waals surface area contributed by atoms with E-state index in [1.165, 1.54) is 11.1 Å². The van der Waals surface area contributed by atoms with Crippen molar-refractivity contribution in [2.45, 2.75) is 20.4 Å². The Kier molecular flexibility index (Phi) is 7.09. The maximum Gasteiger partial charge on any atom is 0.251 e. The maximum absolute atomic E-state index is 12.3. The molecule has 0 radical (unpaired) electrons. The van der Waals surface area contributed by atoms with E-state index >= 15 is 0 Å². The van der Waals surface area contributed by atoms with E-state index in [1.807, 2.05) is 50.2 Å². The molecule has 0 fully saturated rings. The summed E-state index contributed by atoms with van der Waals surface area (Å²) >= 11 is 6.11. The van der Waals surface area contributed by atoms with E-state index in [0.717, 1.165) is 11.3 Å². The lowest BCUT2D eigenvalue weighted by Crippen LogP contribution is -2.23. The van der Waals surface area contributed by atoms with Crippen molar-refractivity contribution in [1.29, 1.82) is 0 Å². The molecule has 5 nitrogen and oxygen atoms in total. The Bertz CT molecular complexity index is 1050. The molecule has 3 aromatic rings. The van der Waals surface area contributed by atoms with E-state index in [2.05, 4.69) is 16.0 Å². The van der Waals surface area contributed by atoms with Crippen LogP contribution in [0.25, 0.3) is 0 Å². The van der Waals surface area contributed by atoms with Gasteiger partial charge in [-0.3, -0.25) is 9.59 Å². The van der Waals surface area contributed by atoms with Crippen molar-refractivity contribution in [2.75, 3.05) is 17.2 Å². The number of anilines is 2. The Hall–Kier alpha value is -3.31. The minimum Gasteiger partial charge on any atom is -0.376 e. The Morgan fingerprint density at radius 3 is 2.27 bits per heavy atom. The van der Waals surface area contributed by atoms with Crippen molar-refractivity contribution in [3.05, 3.63) is 94.0 Å². The number of halogens is 1. The largest absolute Gasteiger partial charge is 0.376 e. The number of aryl methyl sites for hydroxylation is 2. The molecule has 0 spiro atoms. The third-order valence-electron chi connectivity index (χ3n) is 4.79. The molecule has 30 heavy (non-hydrogen) atoms. The van der Waals surface area contributed by atoms with Crippen LogP contribution in [0.5, 0.6) is 0 Å². The smallest absolute Gasteiger partial charge is 0.251 e. The van der Waals surface area contributed by atoms with E-state index in [0.29, 0.717) is 22.8 Å². The highest BCUT2D eigenvalue weighted by molar-refractivity contribution is 6.31. The SMILES string of the molecule is Cc1ccc(NCC(=O)Nc2ccc(C(=O)NCc3ccccc3Cl)cc2)cc1C. The molecule has 0 aliphatic heterocycles. The Morgan fingerprint density at radius 2 is 1.57 bits per heavy atom. The Labute approximate surface area is 181 Å². The summed E-state index contributed by atoms with van der Waals surface area (Å²) in [4.78, 5) is 24.5. The standard InChI is InChI=1S/C24H24ClN3O2/c1-16-7-10-21(13-17(16)2)26-15-23(29)28-20-11-8-18(9-12-20)24(30)27-14-19-5-3-4-6-22(19)25/h3-13,26H,14-15H2,1-2H3,(H,27,30)(H,28,29). The van der Waals surface area contributed by atoms with Crippen LogP contribution in [0.3, 0.4) is 0 Å². The first-order valence-corrected chi connectivity index (χ1v) is 10.0. The zero-order chi connectivity index (χ0) is 21.5. The molecule has 154 valence electrons. The van der Waals surface area contributed by atoms with Crippen LogP contribution in [0.1, 0.15) is 27.0 Å². The Morgan fingerprint density at radius 1 is 0.867 bits per heavy atom. The molecule has 3 rings (SSSR count). The predicted octanol–water partition coefficient (Wildman–Crippen LogP) is 4.94. The fourth-order valence-electron chi connectivity index (χ4n) is 2.86. The van der Waals surface area contributed by atoms with Crippen molar-refractivity contribution < 1.29 is 9.59 Å². The minimum atomic E-state index is -0.204. The zero-order valence-corrected chi connectivity index (χ0v) is 17.7. The molecular formula is C24H24ClN3O2. The summed E-state index contributed by atoms with van der Waals surface area (Å²) in [5.74, 6) is -0.367. The van der Waals surface area contributed by atoms with Crippen molar-refractivity contribution >= 4 is 34.8 Å². The van der Waals surface area contributed by atoms with Crippen molar-refractivity contribution in [3.63, 3.8) is 0 Å². The lowest BCUT2D eigenvalue weighted by molar-refractivity contribution is -0.114. The van der Waals surface area contributed by atoms with Gasteiger partial charge < -0.3 is 16.0 Å². The van der Waals surface area contributed by atoms with Gasteiger partial charge in [0.15, 0.2) is 0 Å². The van der Waals surface area contributed by atoms with E-state index in [9.17, 15) is 9.59 Å². The summed E-state index contributed by atoms with van der Waals surface area (Å²) in [5, 5.41) is 9.39. The molecule has 6 heteroatoms. The van der Waals surface area contributed by atoms with Gasteiger partial charge in [-0.15, -0.1) is 0 Å². The first kappa shape index (κ1) is 21.4. The van der Waals surface area contributed by atoms with Gasteiger partial charge in [-0.05, 0) is 73.0 Å². The third kappa shape index (κ3) is 5.84. The molecule has 2 amide bonds. The van der Waals surface area contributed by atoms with Crippen molar-refractivity contribution in [1.82, 2.24) is 5.32 Å². The number of carbonyl (C=O) groups excluding carboxylic acids is 2. The van der Waals surface area contributed by atoms with Crippen LogP contribution in [0, 0.1) is 13.8 Å². The van der Waals surface area contributed by atoms with Crippen LogP contribution >= 0.6 is 11.6 Å². The van der Waals surface area contributed by atoms with Crippen molar-refractivity contribution in [2.24, 2.45) is 0 Å². The fraction of sp³-hybridized carbons (Fsp3) is 0.167. The van der Waals surface area contributed by atoms with Gasteiger partial charge in [0.05, 0.1) is 6.54 Å². The highest BCUT2D eigenvalue weighted by atomic mass is 35.5. The first-order valence-electron chi connectivity index (χ1n) is 9.65. The van der Waals surface area contributed by atoms with Gasteiger partial charge in [0, 0.05) is 28.5 Å². The quantitative estimate of drug-likeness (QED) is 0.506. The first-order chi connectivity index (χ1) is 14.4. The highest BCUT2D eigenvalue weighted by Crippen LogP contribution is 2.16. The average Bonchev–Trinajstić information content (AvgIpc) is 2.74. The highest BCUT2D eigenvalue weighted by Gasteiger charge is 2.08. The lowest BCUT2D eigenvalue weighted by atomic mass is 10.1. The summed E-state index contributed by atoms with van der Waals surface area (Å²) in [6.07, 6.45) is 0. The number of benzene rings is 3. The molecular weight excluding hydrogens is 398 g/mol. The van der Waals surface area contributed by atoms with Crippen LogP contribution in [0.2, 0.25) is 5.02 Å². The molecule has 0 aliphatic carbocycles. The zero-order valence-electron chi connectivity index (χ0n) is 17.0. The van der Waals surface area contributed by atoms with Gasteiger partial charge in [0.25, 0.3) is 5.91 Å². The predicted molar refractivity (Wildman–Crippen MR) is 122 cm³/mol. The monoisotopic (exact) mass is 421 g/mol. The normalized spacial score (nSPS) is 10.4. The molecule has 0 heterocycles. The molecule has 3 aromatic carbocycles. The summed E-state index contributed by atoms with van der Waals surface area (Å²) in [5.41, 5.74) is 5.27. The van der Waals surface area contributed by atoms with Crippen LogP contribution < -0.4 is 16.0 Å². The van der Waals surface area contributed by atoms with E-state index < -0.39 is 0 Å². The lowest BCUT2D eigenvalue weighted by Gasteiger charge is -2.10. The second-order valence-electron chi connectivity index (χ2n) is 7.05. The minimum absolute atomic E-state index is 0.155. The molecule has 0 unspecified atom stereocenters. The summed E-state index contributed by atoms with van der Waals surface area (Å²) in [7, 11) is 0. The molecule has 0 aromatic heterocycles. The topological polar surface area (TPSA) is 70.2 Å². The van der Waals surface area contributed by atoms with E-state index in [4.69, 9.17) is 11.6 Å². The van der Waals surface area contributed by atoms with Gasteiger partial charge in [0.1, 0.15) is 0 Å². The van der Waals surface area contributed by atoms with Gasteiger partial charge in [0.2, 0.25) is 5.91 Å². The maximum atomic E-state index is 12.3. The van der Waals surface area contributed by atoms with Gasteiger partial charge in [-0.1, -0.05) is 35.9 Å². The molecule has 0 saturated heterocycles. The van der Waals surface area contributed by atoms with E-state index in [-0.39, 0.29) is 18.4 Å². The molecule has 0 saturated carbocycles. The number of carbonyl (C=O) groups is 2. The average molecular weight is 422 g/mol. The third-order valence-corrected chi connectivity index (χ3v) is 5.16. The van der Waals surface area contributed by atoms with Gasteiger partial charge >= 0.3 is 0 Å². The van der Waals surface area contributed by atoms with Crippen molar-refractivity contribution in [3.8, 4) is 0 Å². The number of nitrogens with one attached hydrogen (secondary N) is 3. The van der Waals surface area contributed by atoms with Gasteiger partial charge in [-0.25, -0.2) is 0 Å². The fourth-order valence-corrected chi connectivity index (χ4v) is 3.07. The van der Waals surface area contributed by atoms with Crippen LogP contribution in [-0.4, -0.2) is 18.4 Å². The number of rotatable bonds is 7. The Balaban J connectivity index is 1.49. The van der Waals surface area contributed by atoms with Crippen LogP contribution in [0.15, 0.2) is 66.7 Å².